The lowest BCUT2D eigenvalue weighted by Crippen LogP contribution is -2.34. The largest absolute Gasteiger partial charge is 0.370 e. The first-order valence-corrected chi connectivity index (χ1v) is 7.17. The number of anilines is 1. The Kier molecular flexibility index (Phi) is 5.00. The van der Waals surface area contributed by atoms with E-state index in [4.69, 9.17) is 0 Å². The van der Waals surface area contributed by atoms with Gasteiger partial charge in [0.25, 0.3) is 0 Å². The van der Waals surface area contributed by atoms with Crippen LogP contribution in [0.3, 0.4) is 0 Å². The molecule has 0 aromatic carbocycles. The van der Waals surface area contributed by atoms with Gasteiger partial charge < -0.3 is 10.2 Å². The molecule has 1 aliphatic heterocycles. The van der Waals surface area contributed by atoms with Gasteiger partial charge in [0, 0.05) is 25.8 Å². The van der Waals surface area contributed by atoms with Crippen LogP contribution in [0, 0.1) is 5.92 Å². The molecule has 0 saturated carbocycles. The van der Waals surface area contributed by atoms with E-state index in [0.29, 0.717) is 0 Å². The Morgan fingerprint density at radius 3 is 2.83 bits per heavy atom. The average Bonchev–Trinajstić information content (AvgIpc) is 2.41. The molecule has 1 N–H and O–H groups in total. The van der Waals surface area contributed by atoms with Crippen LogP contribution >= 0.6 is 0 Å². The van der Waals surface area contributed by atoms with Crippen LogP contribution in [0.25, 0.3) is 0 Å². The van der Waals surface area contributed by atoms with E-state index >= 15 is 0 Å². The van der Waals surface area contributed by atoms with Crippen LogP contribution in [0.1, 0.15) is 38.2 Å². The number of aromatic nitrogens is 1. The molecular formula is C15H25N3. The highest BCUT2D eigenvalue weighted by Gasteiger charge is 2.20. The molecule has 100 valence electrons. The lowest BCUT2D eigenvalue weighted by atomic mass is 9.92. The molecule has 0 amide bonds. The van der Waals surface area contributed by atoms with Crippen molar-refractivity contribution in [1.82, 2.24) is 10.3 Å². The molecule has 0 unspecified atom stereocenters. The Bertz CT molecular complexity index is 357. The van der Waals surface area contributed by atoms with Crippen molar-refractivity contribution in [2.24, 2.45) is 5.92 Å². The molecule has 1 aromatic heterocycles. The summed E-state index contributed by atoms with van der Waals surface area (Å²) in [6.45, 7) is 5.59. The first-order chi connectivity index (χ1) is 8.85. The van der Waals surface area contributed by atoms with Crippen molar-refractivity contribution in [2.75, 3.05) is 25.0 Å². The molecule has 0 radical (unpaired) electrons. The first-order valence-electron chi connectivity index (χ1n) is 7.17. The van der Waals surface area contributed by atoms with Crippen molar-refractivity contribution >= 4 is 5.69 Å². The lowest BCUT2D eigenvalue weighted by molar-refractivity contribution is 0.378. The van der Waals surface area contributed by atoms with Crippen LogP contribution in [0.4, 0.5) is 5.69 Å². The van der Waals surface area contributed by atoms with Crippen LogP contribution in [0.15, 0.2) is 18.5 Å². The topological polar surface area (TPSA) is 28.2 Å². The zero-order valence-corrected chi connectivity index (χ0v) is 11.7. The minimum atomic E-state index is 0.923. The fourth-order valence-electron chi connectivity index (χ4n) is 2.91. The maximum absolute atomic E-state index is 4.29. The van der Waals surface area contributed by atoms with E-state index in [1.165, 1.54) is 50.0 Å². The van der Waals surface area contributed by atoms with Crippen LogP contribution in [0.2, 0.25) is 0 Å². The highest BCUT2D eigenvalue weighted by atomic mass is 15.1. The van der Waals surface area contributed by atoms with Crippen LogP contribution < -0.4 is 10.2 Å². The molecular weight excluding hydrogens is 222 g/mol. The molecule has 2 heterocycles. The van der Waals surface area contributed by atoms with E-state index in [-0.39, 0.29) is 0 Å². The Morgan fingerprint density at radius 1 is 1.39 bits per heavy atom. The van der Waals surface area contributed by atoms with E-state index < -0.39 is 0 Å². The van der Waals surface area contributed by atoms with Crippen LogP contribution in [-0.2, 0) is 6.54 Å². The number of hydrogen-bond donors (Lipinski definition) is 1. The Labute approximate surface area is 111 Å². The standard InChI is InChI=1S/C15H25N3/c1-3-4-13-6-9-18(10-7-13)15-12-17-8-5-14(15)11-16-2/h5,8,12-13,16H,3-4,6-7,9-11H2,1-2H3. The molecule has 0 spiro atoms. The normalized spacial score (nSPS) is 17.1. The van der Waals surface area contributed by atoms with Crippen LogP contribution in [-0.4, -0.2) is 25.1 Å². The Hall–Kier alpha value is -1.09. The molecule has 1 aliphatic rings. The lowest BCUT2D eigenvalue weighted by Gasteiger charge is -2.34. The summed E-state index contributed by atoms with van der Waals surface area (Å²) in [4.78, 5) is 6.79. The van der Waals surface area contributed by atoms with Crippen molar-refractivity contribution in [1.29, 1.82) is 0 Å². The molecule has 1 aromatic rings. The first kappa shape index (κ1) is 13.3. The predicted molar refractivity (Wildman–Crippen MR) is 76.8 cm³/mol. The molecule has 0 atom stereocenters. The van der Waals surface area contributed by atoms with Gasteiger partial charge in [-0.1, -0.05) is 19.8 Å². The van der Waals surface area contributed by atoms with Gasteiger partial charge in [0.1, 0.15) is 0 Å². The third-order valence-corrected chi connectivity index (χ3v) is 3.91. The average molecular weight is 247 g/mol. The number of piperidine rings is 1. The summed E-state index contributed by atoms with van der Waals surface area (Å²) in [6.07, 6.45) is 9.29. The highest BCUT2D eigenvalue weighted by molar-refractivity contribution is 5.51. The summed E-state index contributed by atoms with van der Waals surface area (Å²) in [5.41, 5.74) is 2.68. The third kappa shape index (κ3) is 3.22. The van der Waals surface area contributed by atoms with Gasteiger partial charge in [-0.25, -0.2) is 0 Å². The minimum absolute atomic E-state index is 0.923. The van der Waals surface area contributed by atoms with E-state index in [2.05, 4.69) is 28.2 Å². The van der Waals surface area contributed by atoms with Gasteiger partial charge in [-0.15, -0.1) is 0 Å². The summed E-state index contributed by atoms with van der Waals surface area (Å²) in [5.74, 6) is 0.940. The van der Waals surface area contributed by atoms with E-state index in [9.17, 15) is 0 Å². The summed E-state index contributed by atoms with van der Waals surface area (Å²) < 4.78 is 0. The molecule has 0 bridgehead atoms. The quantitative estimate of drug-likeness (QED) is 0.867. The number of hydrogen-bond acceptors (Lipinski definition) is 3. The SMILES string of the molecule is CCCC1CCN(c2cnccc2CNC)CC1. The molecule has 1 saturated heterocycles. The van der Waals surface area contributed by atoms with Gasteiger partial charge in [-0.05, 0) is 37.4 Å². The number of nitrogens with one attached hydrogen (secondary N) is 1. The van der Waals surface area contributed by atoms with E-state index in [1.54, 1.807) is 0 Å². The molecule has 18 heavy (non-hydrogen) atoms. The number of nitrogens with zero attached hydrogens (tertiary/aromatic N) is 2. The molecule has 1 fully saturated rings. The predicted octanol–water partition coefficient (Wildman–Crippen LogP) is 2.82. The third-order valence-electron chi connectivity index (χ3n) is 3.91. The smallest absolute Gasteiger partial charge is 0.0598 e. The van der Waals surface area contributed by atoms with Gasteiger partial charge in [0.05, 0.1) is 11.9 Å². The van der Waals surface area contributed by atoms with Crippen molar-refractivity contribution in [3.63, 3.8) is 0 Å². The van der Waals surface area contributed by atoms with Crippen molar-refractivity contribution < 1.29 is 0 Å². The Balaban J connectivity index is 2.00. The Morgan fingerprint density at radius 2 is 2.17 bits per heavy atom. The monoisotopic (exact) mass is 247 g/mol. The molecule has 2 rings (SSSR count). The van der Waals surface area contributed by atoms with Gasteiger partial charge in [-0.2, -0.15) is 0 Å². The fraction of sp³-hybridized carbons (Fsp3) is 0.667. The second kappa shape index (κ2) is 6.74. The molecule has 3 nitrogen and oxygen atoms in total. The van der Waals surface area contributed by atoms with Gasteiger partial charge >= 0.3 is 0 Å². The van der Waals surface area contributed by atoms with E-state index in [0.717, 1.165) is 12.5 Å². The molecule has 0 aliphatic carbocycles. The zero-order valence-electron chi connectivity index (χ0n) is 11.7. The minimum Gasteiger partial charge on any atom is -0.370 e. The second-order valence-electron chi connectivity index (χ2n) is 5.25. The summed E-state index contributed by atoms with van der Waals surface area (Å²) in [6, 6.07) is 2.13. The van der Waals surface area contributed by atoms with Gasteiger partial charge in [-0.3, -0.25) is 4.98 Å². The number of rotatable bonds is 5. The molecule has 3 heteroatoms. The summed E-state index contributed by atoms with van der Waals surface area (Å²) in [7, 11) is 2.00. The van der Waals surface area contributed by atoms with Gasteiger partial charge in [0.15, 0.2) is 0 Å². The number of pyridine rings is 1. The van der Waals surface area contributed by atoms with Crippen molar-refractivity contribution in [3.05, 3.63) is 24.0 Å². The zero-order chi connectivity index (χ0) is 12.8. The van der Waals surface area contributed by atoms with Gasteiger partial charge in [0.2, 0.25) is 0 Å². The van der Waals surface area contributed by atoms with Crippen molar-refractivity contribution in [2.45, 2.75) is 39.2 Å². The highest BCUT2D eigenvalue weighted by Crippen LogP contribution is 2.27. The fourth-order valence-corrected chi connectivity index (χ4v) is 2.91. The summed E-state index contributed by atoms with van der Waals surface area (Å²) in [5, 5.41) is 3.24. The van der Waals surface area contributed by atoms with E-state index in [1.807, 2.05) is 19.4 Å². The van der Waals surface area contributed by atoms with Crippen LogP contribution in [0.5, 0.6) is 0 Å². The summed E-state index contributed by atoms with van der Waals surface area (Å²) >= 11 is 0. The maximum Gasteiger partial charge on any atom is 0.0598 e. The second-order valence-corrected chi connectivity index (χ2v) is 5.25. The maximum atomic E-state index is 4.29. The van der Waals surface area contributed by atoms with Crippen molar-refractivity contribution in [3.8, 4) is 0 Å².